The van der Waals surface area contributed by atoms with Gasteiger partial charge < -0.3 is 10.5 Å². The van der Waals surface area contributed by atoms with E-state index in [2.05, 4.69) is 6.92 Å². The van der Waals surface area contributed by atoms with Gasteiger partial charge in [-0.3, -0.25) is 0 Å². The maximum atomic E-state index is 6.00. The molecule has 0 heterocycles. The molecule has 0 saturated heterocycles. The number of ether oxygens (including phenoxy) is 1. The van der Waals surface area contributed by atoms with Crippen LogP contribution in [0.2, 0.25) is 5.02 Å². The zero-order chi connectivity index (χ0) is 13.0. The van der Waals surface area contributed by atoms with Crippen molar-refractivity contribution >= 4 is 11.6 Å². The van der Waals surface area contributed by atoms with E-state index >= 15 is 0 Å². The van der Waals surface area contributed by atoms with Gasteiger partial charge in [0.2, 0.25) is 0 Å². The number of halogens is 1. The van der Waals surface area contributed by atoms with Crippen molar-refractivity contribution in [3.05, 3.63) is 59.1 Å². The van der Waals surface area contributed by atoms with E-state index in [0.29, 0.717) is 5.02 Å². The van der Waals surface area contributed by atoms with Crippen LogP contribution in [0.4, 0.5) is 0 Å². The van der Waals surface area contributed by atoms with Crippen molar-refractivity contribution in [3.63, 3.8) is 0 Å². The zero-order valence-corrected chi connectivity index (χ0v) is 11.0. The molecule has 3 heteroatoms. The maximum absolute atomic E-state index is 6.00. The van der Waals surface area contributed by atoms with Gasteiger partial charge in [0.25, 0.3) is 0 Å². The SMILES string of the molecule is CCC(N)c1cccc(Oc2ccc(Cl)cc2)c1. The van der Waals surface area contributed by atoms with Gasteiger partial charge in [0, 0.05) is 11.1 Å². The molecule has 1 atom stereocenters. The smallest absolute Gasteiger partial charge is 0.127 e. The van der Waals surface area contributed by atoms with E-state index in [1.165, 1.54) is 0 Å². The minimum atomic E-state index is 0.0544. The third kappa shape index (κ3) is 3.25. The third-order valence-corrected chi connectivity index (χ3v) is 3.03. The molecule has 0 spiro atoms. The van der Waals surface area contributed by atoms with Crippen LogP contribution < -0.4 is 10.5 Å². The molecule has 0 aliphatic rings. The Kier molecular flexibility index (Phi) is 4.24. The number of hydrogen-bond donors (Lipinski definition) is 1. The molecule has 0 aliphatic heterocycles. The average Bonchev–Trinajstić information content (AvgIpc) is 2.41. The maximum Gasteiger partial charge on any atom is 0.127 e. The number of hydrogen-bond acceptors (Lipinski definition) is 2. The first kappa shape index (κ1) is 12.9. The van der Waals surface area contributed by atoms with E-state index in [0.717, 1.165) is 23.5 Å². The van der Waals surface area contributed by atoms with Gasteiger partial charge in [-0.25, -0.2) is 0 Å². The van der Waals surface area contributed by atoms with Gasteiger partial charge in [0.15, 0.2) is 0 Å². The Morgan fingerprint density at radius 1 is 1.11 bits per heavy atom. The highest BCUT2D eigenvalue weighted by atomic mass is 35.5. The largest absolute Gasteiger partial charge is 0.457 e. The molecule has 2 nitrogen and oxygen atoms in total. The van der Waals surface area contributed by atoms with Crippen molar-refractivity contribution in [1.82, 2.24) is 0 Å². The van der Waals surface area contributed by atoms with Gasteiger partial charge in [-0.15, -0.1) is 0 Å². The summed E-state index contributed by atoms with van der Waals surface area (Å²) in [6.45, 7) is 2.07. The van der Waals surface area contributed by atoms with Gasteiger partial charge in [-0.05, 0) is 48.4 Å². The predicted molar refractivity (Wildman–Crippen MR) is 75.2 cm³/mol. The highest BCUT2D eigenvalue weighted by Gasteiger charge is 2.05. The molecule has 2 aromatic rings. The Bertz CT molecular complexity index is 510. The summed E-state index contributed by atoms with van der Waals surface area (Å²) >= 11 is 5.83. The minimum Gasteiger partial charge on any atom is -0.457 e. The molecule has 0 aliphatic carbocycles. The molecule has 2 rings (SSSR count). The summed E-state index contributed by atoms with van der Waals surface area (Å²) in [5, 5.41) is 0.698. The van der Waals surface area contributed by atoms with Gasteiger partial charge >= 0.3 is 0 Å². The first-order valence-corrected chi connectivity index (χ1v) is 6.36. The van der Waals surface area contributed by atoms with Crippen LogP contribution >= 0.6 is 11.6 Å². The standard InChI is InChI=1S/C15H16ClNO/c1-2-15(17)11-4-3-5-14(10-11)18-13-8-6-12(16)7-9-13/h3-10,15H,2,17H2,1H3. The van der Waals surface area contributed by atoms with Crippen LogP contribution in [0.1, 0.15) is 24.9 Å². The van der Waals surface area contributed by atoms with Crippen LogP contribution in [0.5, 0.6) is 11.5 Å². The fraction of sp³-hybridized carbons (Fsp3) is 0.200. The number of benzene rings is 2. The number of nitrogens with two attached hydrogens (primary N) is 1. The lowest BCUT2D eigenvalue weighted by atomic mass is 10.1. The van der Waals surface area contributed by atoms with E-state index in [4.69, 9.17) is 22.1 Å². The van der Waals surface area contributed by atoms with Gasteiger partial charge in [0.1, 0.15) is 11.5 Å². The van der Waals surface area contributed by atoms with E-state index in [9.17, 15) is 0 Å². The third-order valence-electron chi connectivity index (χ3n) is 2.78. The summed E-state index contributed by atoms with van der Waals surface area (Å²) in [5.41, 5.74) is 7.09. The molecular weight excluding hydrogens is 246 g/mol. The van der Waals surface area contributed by atoms with Crippen molar-refractivity contribution in [2.75, 3.05) is 0 Å². The Hall–Kier alpha value is -1.51. The lowest BCUT2D eigenvalue weighted by molar-refractivity contribution is 0.481. The summed E-state index contributed by atoms with van der Waals surface area (Å²) < 4.78 is 5.75. The quantitative estimate of drug-likeness (QED) is 0.877. The minimum absolute atomic E-state index is 0.0544. The second-order valence-corrected chi connectivity index (χ2v) is 4.58. The monoisotopic (exact) mass is 261 g/mol. The van der Waals surface area contributed by atoms with Crippen LogP contribution in [0.3, 0.4) is 0 Å². The van der Waals surface area contributed by atoms with Crippen molar-refractivity contribution in [2.24, 2.45) is 5.73 Å². The predicted octanol–water partition coefficient (Wildman–Crippen LogP) is 4.54. The molecule has 0 saturated carbocycles. The summed E-state index contributed by atoms with van der Waals surface area (Å²) in [6, 6.07) is 15.2. The second-order valence-electron chi connectivity index (χ2n) is 4.14. The van der Waals surface area contributed by atoms with Crippen LogP contribution in [0.15, 0.2) is 48.5 Å². The van der Waals surface area contributed by atoms with Crippen LogP contribution in [-0.4, -0.2) is 0 Å². The normalized spacial score (nSPS) is 12.2. The van der Waals surface area contributed by atoms with Crippen LogP contribution in [-0.2, 0) is 0 Å². The van der Waals surface area contributed by atoms with Crippen molar-refractivity contribution in [3.8, 4) is 11.5 Å². The highest BCUT2D eigenvalue weighted by molar-refractivity contribution is 6.30. The molecule has 2 N–H and O–H groups in total. The lowest BCUT2D eigenvalue weighted by Gasteiger charge is -2.11. The summed E-state index contributed by atoms with van der Waals surface area (Å²) in [5.74, 6) is 1.56. The molecule has 0 amide bonds. The molecule has 0 bridgehead atoms. The lowest BCUT2D eigenvalue weighted by Crippen LogP contribution is -2.08. The summed E-state index contributed by atoms with van der Waals surface area (Å²) in [7, 11) is 0. The second kappa shape index (κ2) is 5.89. The van der Waals surface area contributed by atoms with Gasteiger partial charge in [-0.2, -0.15) is 0 Å². The Labute approximate surface area is 112 Å². The molecule has 0 fully saturated rings. The fourth-order valence-electron chi connectivity index (χ4n) is 1.68. The zero-order valence-electron chi connectivity index (χ0n) is 10.3. The first-order valence-electron chi connectivity index (χ1n) is 5.98. The van der Waals surface area contributed by atoms with E-state index in [1.54, 1.807) is 12.1 Å². The van der Waals surface area contributed by atoms with E-state index in [-0.39, 0.29) is 6.04 Å². The number of rotatable bonds is 4. The van der Waals surface area contributed by atoms with Crippen LogP contribution in [0, 0.1) is 0 Å². The molecule has 1 unspecified atom stereocenters. The molecule has 0 aromatic heterocycles. The van der Waals surface area contributed by atoms with Gasteiger partial charge in [-0.1, -0.05) is 30.7 Å². The summed E-state index contributed by atoms with van der Waals surface area (Å²) in [6.07, 6.45) is 0.907. The molecule has 94 valence electrons. The molecular formula is C15H16ClNO. The van der Waals surface area contributed by atoms with Gasteiger partial charge in [0.05, 0.1) is 0 Å². The Balaban J connectivity index is 2.16. The van der Waals surface area contributed by atoms with Crippen LogP contribution in [0.25, 0.3) is 0 Å². The molecule has 0 radical (unpaired) electrons. The van der Waals surface area contributed by atoms with Crippen molar-refractivity contribution in [2.45, 2.75) is 19.4 Å². The van der Waals surface area contributed by atoms with Crippen molar-refractivity contribution < 1.29 is 4.74 Å². The first-order chi connectivity index (χ1) is 8.69. The Morgan fingerprint density at radius 3 is 2.50 bits per heavy atom. The summed E-state index contributed by atoms with van der Waals surface area (Å²) in [4.78, 5) is 0. The Morgan fingerprint density at radius 2 is 1.83 bits per heavy atom. The molecule has 2 aromatic carbocycles. The van der Waals surface area contributed by atoms with E-state index < -0.39 is 0 Å². The fourth-order valence-corrected chi connectivity index (χ4v) is 1.81. The molecule has 18 heavy (non-hydrogen) atoms. The van der Waals surface area contributed by atoms with Crippen molar-refractivity contribution in [1.29, 1.82) is 0 Å². The van der Waals surface area contributed by atoms with E-state index in [1.807, 2.05) is 36.4 Å². The highest BCUT2D eigenvalue weighted by Crippen LogP contribution is 2.25. The average molecular weight is 262 g/mol. The topological polar surface area (TPSA) is 35.2 Å².